The van der Waals surface area contributed by atoms with Crippen molar-refractivity contribution in [3.8, 4) is 5.75 Å². The molecule has 0 bridgehead atoms. The third-order valence-electron chi connectivity index (χ3n) is 5.85. The predicted octanol–water partition coefficient (Wildman–Crippen LogP) is 4.93. The Morgan fingerprint density at radius 1 is 1.08 bits per heavy atom. The van der Waals surface area contributed by atoms with Crippen molar-refractivity contribution in [2.24, 2.45) is 5.92 Å². The summed E-state index contributed by atoms with van der Waals surface area (Å²) in [5.41, 5.74) is 5.57. The molecule has 24 heavy (non-hydrogen) atoms. The van der Waals surface area contributed by atoms with Gasteiger partial charge in [-0.05, 0) is 23.1 Å². The molecule has 3 aliphatic rings. The highest BCUT2D eigenvalue weighted by Gasteiger charge is 2.47. The lowest BCUT2D eigenvalue weighted by Crippen LogP contribution is -2.51. The Morgan fingerprint density at radius 3 is 2.79 bits per heavy atom. The van der Waals surface area contributed by atoms with E-state index in [1.165, 1.54) is 27.3 Å². The van der Waals surface area contributed by atoms with Crippen LogP contribution in [0.1, 0.15) is 25.0 Å². The van der Waals surface area contributed by atoms with Crippen LogP contribution in [0.3, 0.4) is 0 Å². The van der Waals surface area contributed by atoms with Crippen LogP contribution in [0, 0.1) is 5.92 Å². The van der Waals surface area contributed by atoms with Gasteiger partial charge in [0.25, 0.3) is 0 Å². The number of hydrogen-bond acceptors (Lipinski definition) is 3. The van der Waals surface area contributed by atoms with Gasteiger partial charge in [-0.25, -0.2) is 0 Å². The number of hydrogen-bond donors (Lipinski definition) is 1. The Labute approximate surface area is 147 Å². The average molecular weight is 335 g/mol. The molecule has 0 aromatic heterocycles. The second-order valence-electron chi connectivity index (χ2n) is 7.45. The fourth-order valence-corrected chi connectivity index (χ4v) is 6.09. The van der Waals surface area contributed by atoms with E-state index in [9.17, 15) is 0 Å². The van der Waals surface area contributed by atoms with Crippen LogP contribution in [-0.2, 0) is 5.41 Å². The van der Waals surface area contributed by atoms with Crippen LogP contribution in [0.15, 0.2) is 54.1 Å². The Bertz CT molecular complexity index is 854. The van der Waals surface area contributed by atoms with Crippen LogP contribution in [0.2, 0.25) is 0 Å². The number of ether oxygens (including phenoxy) is 1. The fourth-order valence-electron chi connectivity index (χ4n) is 4.44. The molecule has 0 saturated carbocycles. The normalized spacial score (nSPS) is 26.2. The van der Waals surface area contributed by atoms with Crippen molar-refractivity contribution in [2.75, 3.05) is 17.7 Å². The highest BCUT2D eigenvalue weighted by Crippen LogP contribution is 2.53. The topological polar surface area (TPSA) is 21.3 Å². The second kappa shape index (κ2) is 5.06. The minimum Gasteiger partial charge on any atom is -0.488 e. The van der Waals surface area contributed by atoms with E-state index in [-0.39, 0.29) is 5.41 Å². The first-order chi connectivity index (χ1) is 11.7. The van der Waals surface area contributed by atoms with Gasteiger partial charge in [0.05, 0.1) is 6.04 Å². The van der Waals surface area contributed by atoms with Gasteiger partial charge >= 0.3 is 0 Å². The fraction of sp³-hybridized carbons (Fsp3) is 0.333. The summed E-state index contributed by atoms with van der Waals surface area (Å²) >= 11 is 2.01. The lowest BCUT2D eigenvalue weighted by molar-refractivity contribution is 0.282. The molecule has 0 spiro atoms. The van der Waals surface area contributed by atoms with Gasteiger partial charge in [-0.3, -0.25) is 0 Å². The molecule has 3 aliphatic heterocycles. The van der Waals surface area contributed by atoms with Gasteiger partial charge in [-0.15, -0.1) is 11.8 Å². The standard InChI is InChI=1S/C21H21NOS/c1-21(2)15-8-4-5-9-17(15)22-19-14-11-23-18-10-6-3-7-13(18)20(14)24-12-16(19)21/h3-10,16,19,22H,11-12H2,1-2H3. The summed E-state index contributed by atoms with van der Waals surface area (Å²) in [6.07, 6.45) is 0. The molecule has 0 aliphatic carbocycles. The van der Waals surface area contributed by atoms with Crippen LogP contribution in [0.25, 0.3) is 4.91 Å². The van der Waals surface area contributed by atoms with Gasteiger partial charge in [0.1, 0.15) is 12.4 Å². The Balaban J connectivity index is 1.65. The minimum absolute atomic E-state index is 0.162. The minimum atomic E-state index is 0.162. The van der Waals surface area contributed by atoms with Gasteiger partial charge in [0.2, 0.25) is 0 Å². The lowest BCUT2D eigenvalue weighted by atomic mass is 9.66. The molecule has 3 heterocycles. The van der Waals surface area contributed by atoms with E-state index in [1.54, 1.807) is 0 Å². The maximum absolute atomic E-state index is 6.09. The van der Waals surface area contributed by atoms with Gasteiger partial charge in [0.15, 0.2) is 0 Å². The average Bonchev–Trinajstić information content (AvgIpc) is 2.61. The molecule has 3 heteroatoms. The van der Waals surface area contributed by atoms with Gasteiger partial charge in [-0.1, -0.05) is 50.2 Å². The summed E-state index contributed by atoms with van der Waals surface area (Å²) in [7, 11) is 0. The van der Waals surface area contributed by atoms with Crippen molar-refractivity contribution in [3.05, 3.63) is 65.2 Å². The van der Waals surface area contributed by atoms with E-state index in [2.05, 4.69) is 67.7 Å². The summed E-state index contributed by atoms with van der Waals surface area (Å²) in [5, 5.41) is 3.83. The van der Waals surface area contributed by atoms with E-state index in [4.69, 9.17) is 4.74 Å². The molecule has 1 N–H and O–H groups in total. The van der Waals surface area contributed by atoms with Gasteiger partial charge in [0, 0.05) is 33.4 Å². The van der Waals surface area contributed by atoms with E-state index in [0.717, 1.165) is 11.5 Å². The van der Waals surface area contributed by atoms with Crippen LogP contribution in [0.4, 0.5) is 5.69 Å². The zero-order chi connectivity index (χ0) is 16.3. The van der Waals surface area contributed by atoms with Crippen molar-refractivity contribution in [1.29, 1.82) is 0 Å². The Morgan fingerprint density at radius 2 is 1.88 bits per heavy atom. The summed E-state index contributed by atoms with van der Waals surface area (Å²) in [6, 6.07) is 17.6. The number of para-hydroxylation sites is 2. The van der Waals surface area contributed by atoms with E-state index >= 15 is 0 Å². The van der Waals surface area contributed by atoms with Crippen LogP contribution in [0.5, 0.6) is 5.75 Å². The van der Waals surface area contributed by atoms with Gasteiger partial charge < -0.3 is 10.1 Å². The van der Waals surface area contributed by atoms with Crippen molar-refractivity contribution < 1.29 is 4.74 Å². The molecule has 2 aromatic rings. The van der Waals surface area contributed by atoms with E-state index in [0.29, 0.717) is 18.6 Å². The smallest absolute Gasteiger partial charge is 0.128 e. The zero-order valence-corrected chi connectivity index (χ0v) is 14.8. The van der Waals surface area contributed by atoms with Crippen LogP contribution >= 0.6 is 11.8 Å². The van der Waals surface area contributed by atoms with Crippen molar-refractivity contribution >= 4 is 22.4 Å². The number of nitrogens with one attached hydrogen (secondary N) is 1. The first-order valence-electron chi connectivity index (χ1n) is 8.60. The molecule has 0 amide bonds. The zero-order valence-electron chi connectivity index (χ0n) is 14.0. The number of rotatable bonds is 0. The van der Waals surface area contributed by atoms with Gasteiger partial charge in [-0.2, -0.15) is 0 Å². The Kier molecular flexibility index (Phi) is 3.05. The molecule has 2 nitrogen and oxygen atoms in total. The predicted molar refractivity (Wildman–Crippen MR) is 102 cm³/mol. The summed E-state index contributed by atoms with van der Waals surface area (Å²) in [5.74, 6) is 2.74. The third-order valence-corrected chi connectivity index (χ3v) is 7.15. The number of benzene rings is 2. The maximum Gasteiger partial charge on any atom is 0.128 e. The molecule has 0 radical (unpaired) electrons. The monoisotopic (exact) mass is 335 g/mol. The molecular weight excluding hydrogens is 314 g/mol. The van der Waals surface area contributed by atoms with Crippen LogP contribution in [-0.4, -0.2) is 18.4 Å². The molecule has 122 valence electrons. The van der Waals surface area contributed by atoms with E-state index < -0.39 is 0 Å². The lowest BCUT2D eigenvalue weighted by Gasteiger charge is -2.50. The number of fused-ring (bicyclic) bond motifs is 5. The Hall–Kier alpha value is -1.87. The largest absolute Gasteiger partial charge is 0.488 e. The van der Waals surface area contributed by atoms with E-state index in [1.807, 2.05) is 11.8 Å². The SMILES string of the molecule is CC1(C)c2ccccc2NC2C3=C(SCC21)c1ccccc1OC3. The number of thioether (sulfide) groups is 1. The first-order valence-corrected chi connectivity index (χ1v) is 9.59. The molecule has 0 fully saturated rings. The molecular formula is C21H21NOS. The maximum atomic E-state index is 6.09. The van der Waals surface area contributed by atoms with Crippen molar-refractivity contribution in [3.63, 3.8) is 0 Å². The summed E-state index contributed by atoms with van der Waals surface area (Å²) in [4.78, 5) is 1.43. The summed E-state index contributed by atoms with van der Waals surface area (Å²) < 4.78 is 6.09. The second-order valence-corrected chi connectivity index (χ2v) is 8.48. The molecule has 2 aromatic carbocycles. The molecule has 2 unspecified atom stereocenters. The van der Waals surface area contributed by atoms with Crippen molar-refractivity contribution in [1.82, 2.24) is 0 Å². The summed E-state index contributed by atoms with van der Waals surface area (Å²) in [6.45, 7) is 5.49. The molecule has 5 rings (SSSR count). The molecule has 0 saturated heterocycles. The first kappa shape index (κ1) is 14.5. The van der Waals surface area contributed by atoms with Crippen LogP contribution < -0.4 is 10.1 Å². The highest BCUT2D eigenvalue weighted by atomic mass is 32.2. The van der Waals surface area contributed by atoms with Crippen molar-refractivity contribution in [2.45, 2.75) is 25.3 Å². The number of anilines is 1. The molecule has 2 atom stereocenters. The third kappa shape index (κ3) is 1.91. The quantitative estimate of drug-likeness (QED) is 0.738. The highest BCUT2D eigenvalue weighted by molar-refractivity contribution is 8.08.